The molecule has 1 aromatic rings. The van der Waals surface area contributed by atoms with Gasteiger partial charge in [-0.3, -0.25) is 4.79 Å². The Bertz CT molecular complexity index is 501. The van der Waals surface area contributed by atoms with E-state index in [9.17, 15) is 9.59 Å². The number of methoxy groups -OCH3 is 1. The van der Waals surface area contributed by atoms with Crippen LogP contribution in [-0.4, -0.2) is 43.8 Å². The molecule has 6 heteroatoms. The third-order valence-corrected chi connectivity index (χ3v) is 2.97. The van der Waals surface area contributed by atoms with Gasteiger partial charge in [-0.1, -0.05) is 0 Å². The summed E-state index contributed by atoms with van der Waals surface area (Å²) < 4.78 is 4.99. The van der Waals surface area contributed by atoms with Crippen molar-refractivity contribution in [3.8, 4) is 0 Å². The van der Waals surface area contributed by atoms with E-state index in [1.54, 1.807) is 19.2 Å². The quantitative estimate of drug-likeness (QED) is 0.781. The Hall–Kier alpha value is -2.08. The van der Waals surface area contributed by atoms with Crippen LogP contribution in [0.3, 0.4) is 0 Å². The Morgan fingerprint density at radius 3 is 3.00 bits per heavy atom. The maximum atomic E-state index is 11.6. The van der Waals surface area contributed by atoms with Crippen molar-refractivity contribution in [3.63, 3.8) is 0 Å². The van der Waals surface area contributed by atoms with Crippen molar-refractivity contribution in [2.24, 2.45) is 0 Å². The summed E-state index contributed by atoms with van der Waals surface area (Å²) >= 11 is 0. The molecule has 0 bridgehead atoms. The van der Waals surface area contributed by atoms with Crippen LogP contribution in [0, 0.1) is 0 Å². The fraction of sp³-hybridized carbons (Fsp3) is 0.385. The second-order valence-electron chi connectivity index (χ2n) is 4.35. The third-order valence-electron chi connectivity index (χ3n) is 2.97. The van der Waals surface area contributed by atoms with E-state index in [0.29, 0.717) is 18.8 Å². The summed E-state index contributed by atoms with van der Waals surface area (Å²) in [5.41, 5.74) is 1.56. The number of amides is 1. The Morgan fingerprint density at radius 1 is 1.53 bits per heavy atom. The first kappa shape index (κ1) is 13.4. The molecule has 0 aromatic heterocycles. The molecule has 1 amide bonds. The van der Waals surface area contributed by atoms with Gasteiger partial charge < -0.3 is 20.1 Å². The number of carboxylic acid groups (broad SMARTS) is 1. The molecule has 19 heavy (non-hydrogen) atoms. The number of nitrogens with zero attached hydrogens (tertiary/aromatic N) is 1. The average Bonchev–Trinajstić information content (AvgIpc) is 2.37. The second-order valence-corrected chi connectivity index (χ2v) is 4.35. The highest BCUT2D eigenvalue weighted by Crippen LogP contribution is 2.30. The number of hydrogen-bond donors (Lipinski definition) is 2. The Labute approximate surface area is 111 Å². The van der Waals surface area contributed by atoms with Crippen LogP contribution in [0.5, 0.6) is 0 Å². The lowest BCUT2D eigenvalue weighted by atomic mass is 10.1. The van der Waals surface area contributed by atoms with E-state index in [2.05, 4.69) is 5.32 Å². The van der Waals surface area contributed by atoms with Gasteiger partial charge in [-0.25, -0.2) is 4.79 Å². The summed E-state index contributed by atoms with van der Waals surface area (Å²) in [7, 11) is 1.63. The zero-order valence-electron chi connectivity index (χ0n) is 10.7. The van der Waals surface area contributed by atoms with Gasteiger partial charge in [-0.15, -0.1) is 0 Å². The highest BCUT2D eigenvalue weighted by molar-refractivity contribution is 6.02. The van der Waals surface area contributed by atoms with E-state index in [4.69, 9.17) is 9.84 Å². The van der Waals surface area contributed by atoms with E-state index < -0.39 is 5.97 Å². The highest BCUT2D eigenvalue weighted by Gasteiger charge is 2.22. The van der Waals surface area contributed by atoms with Crippen molar-refractivity contribution in [3.05, 3.63) is 23.8 Å². The molecule has 0 fully saturated rings. The molecular formula is C13H16N2O4. The Morgan fingerprint density at radius 2 is 2.32 bits per heavy atom. The summed E-state index contributed by atoms with van der Waals surface area (Å²) in [6.07, 6.45) is 0.809. The molecule has 1 aliphatic heterocycles. The number of benzene rings is 1. The molecule has 0 saturated heterocycles. The number of anilines is 2. The first-order valence-corrected chi connectivity index (χ1v) is 6.03. The largest absolute Gasteiger partial charge is 0.478 e. The molecule has 0 radical (unpaired) electrons. The van der Waals surface area contributed by atoms with Crippen LogP contribution in [-0.2, 0) is 9.53 Å². The van der Waals surface area contributed by atoms with Gasteiger partial charge in [0, 0.05) is 20.3 Å². The lowest BCUT2D eigenvalue weighted by Gasteiger charge is -2.31. The smallest absolute Gasteiger partial charge is 0.335 e. The monoisotopic (exact) mass is 264 g/mol. The number of nitrogens with one attached hydrogen (secondary N) is 1. The first-order chi connectivity index (χ1) is 9.11. The maximum absolute atomic E-state index is 11.6. The lowest BCUT2D eigenvalue weighted by Crippen LogP contribution is -2.39. The third kappa shape index (κ3) is 3.03. The number of carbonyl (C=O) groups excluding carboxylic acids is 1. The molecule has 0 spiro atoms. The standard InChI is InChI=1S/C13H16N2O4/c1-19-6-2-5-15-8-12(16)14-10-7-9(13(17)18)3-4-11(10)15/h3-4,7H,2,5-6,8H2,1H3,(H,14,16)(H,17,18). The van der Waals surface area contributed by atoms with Crippen molar-refractivity contribution < 1.29 is 19.4 Å². The van der Waals surface area contributed by atoms with E-state index >= 15 is 0 Å². The molecule has 1 heterocycles. The summed E-state index contributed by atoms with van der Waals surface area (Å²) in [6, 6.07) is 4.76. The zero-order chi connectivity index (χ0) is 13.8. The molecule has 1 aromatic carbocycles. The summed E-state index contributed by atoms with van der Waals surface area (Å²) in [4.78, 5) is 24.5. The van der Waals surface area contributed by atoms with Gasteiger partial charge in [-0.05, 0) is 24.6 Å². The molecule has 1 aliphatic rings. The molecule has 2 N–H and O–H groups in total. The second kappa shape index (κ2) is 5.71. The van der Waals surface area contributed by atoms with E-state index in [0.717, 1.165) is 12.1 Å². The van der Waals surface area contributed by atoms with Crippen LogP contribution in [0.1, 0.15) is 16.8 Å². The molecule has 0 saturated carbocycles. The molecular weight excluding hydrogens is 248 g/mol. The van der Waals surface area contributed by atoms with Crippen molar-refractivity contribution in [2.75, 3.05) is 37.0 Å². The van der Waals surface area contributed by atoms with Crippen LogP contribution >= 0.6 is 0 Å². The molecule has 6 nitrogen and oxygen atoms in total. The van der Waals surface area contributed by atoms with Gasteiger partial charge in [0.05, 0.1) is 23.5 Å². The predicted octanol–water partition coefficient (Wildman–Crippen LogP) is 1.18. The van der Waals surface area contributed by atoms with E-state index in [1.165, 1.54) is 6.07 Å². The predicted molar refractivity (Wildman–Crippen MR) is 70.7 cm³/mol. The molecule has 0 atom stereocenters. The van der Waals surface area contributed by atoms with Gasteiger partial charge >= 0.3 is 5.97 Å². The average molecular weight is 264 g/mol. The van der Waals surface area contributed by atoms with E-state index in [-0.39, 0.29) is 18.0 Å². The molecule has 102 valence electrons. The van der Waals surface area contributed by atoms with Crippen LogP contribution in [0.25, 0.3) is 0 Å². The highest BCUT2D eigenvalue weighted by atomic mass is 16.5. The Balaban J connectivity index is 2.22. The van der Waals surface area contributed by atoms with Gasteiger partial charge in [0.25, 0.3) is 0 Å². The maximum Gasteiger partial charge on any atom is 0.335 e. The number of fused-ring (bicyclic) bond motifs is 1. The van der Waals surface area contributed by atoms with Crippen LogP contribution in [0.2, 0.25) is 0 Å². The fourth-order valence-electron chi connectivity index (χ4n) is 2.09. The SMILES string of the molecule is COCCCN1CC(=O)Nc2cc(C(=O)O)ccc21. The topological polar surface area (TPSA) is 78.9 Å². The van der Waals surface area contributed by atoms with Crippen molar-refractivity contribution in [2.45, 2.75) is 6.42 Å². The Kier molecular flexibility index (Phi) is 4.01. The van der Waals surface area contributed by atoms with E-state index in [1.807, 2.05) is 4.90 Å². The van der Waals surface area contributed by atoms with Gasteiger partial charge in [0.1, 0.15) is 0 Å². The lowest BCUT2D eigenvalue weighted by molar-refractivity contribution is -0.115. The van der Waals surface area contributed by atoms with Crippen molar-refractivity contribution in [1.82, 2.24) is 0 Å². The number of carbonyl (C=O) groups is 2. The number of rotatable bonds is 5. The summed E-state index contributed by atoms with van der Waals surface area (Å²) in [5, 5.41) is 11.6. The molecule has 2 rings (SSSR count). The number of carboxylic acids is 1. The minimum atomic E-state index is -1.01. The summed E-state index contributed by atoms with van der Waals surface area (Å²) in [5.74, 6) is -1.14. The zero-order valence-corrected chi connectivity index (χ0v) is 10.7. The molecule has 0 aliphatic carbocycles. The van der Waals surface area contributed by atoms with Crippen molar-refractivity contribution >= 4 is 23.3 Å². The van der Waals surface area contributed by atoms with Crippen LogP contribution in [0.15, 0.2) is 18.2 Å². The van der Waals surface area contributed by atoms with Gasteiger partial charge in [0.2, 0.25) is 5.91 Å². The normalized spacial score (nSPS) is 13.9. The fourth-order valence-corrected chi connectivity index (χ4v) is 2.09. The minimum Gasteiger partial charge on any atom is -0.478 e. The van der Waals surface area contributed by atoms with Gasteiger partial charge in [-0.2, -0.15) is 0 Å². The van der Waals surface area contributed by atoms with Crippen molar-refractivity contribution in [1.29, 1.82) is 0 Å². The number of ether oxygens (including phenoxy) is 1. The number of hydrogen-bond acceptors (Lipinski definition) is 4. The van der Waals surface area contributed by atoms with Crippen LogP contribution < -0.4 is 10.2 Å². The van der Waals surface area contributed by atoms with Crippen LogP contribution in [0.4, 0.5) is 11.4 Å². The summed E-state index contributed by atoms with van der Waals surface area (Å²) in [6.45, 7) is 1.60. The van der Waals surface area contributed by atoms with Gasteiger partial charge in [0.15, 0.2) is 0 Å². The first-order valence-electron chi connectivity index (χ1n) is 6.03. The number of aromatic carboxylic acids is 1. The minimum absolute atomic E-state index is 0.132. The molecule has 0 unspecified atom stereocenters.